The van der Waals surface area contributed by atoms with E-state index in [0.29, 0.717) is 22.9 Å². The molecule has 44 heavy (non-hydrogen) atoms. The fraction of sp³-hybridized carbons (Fsp3) is 0.500. The Morgan fingerprint density at radius 2 is 1.57 bits per heavy atom. The van der Waals surface area contributed by atoms with Crippen molar-refractivity contribution in [2.45, 2.75) is 64.3 Å². The lowest BCUT2D eigenvalue weighted by Crippen LogP contribution is -2.43. The monoisotopic (exact) mass is 683 g/mol. The number of aromatic nitrogens is 3. The van der Waals surface area contributed by atoms with E-state index in [0.717, 1.165) is 53.3 Å². The number of nitrogens with one attached hydrogen (secondary N) is 1. The van der Waals surface area contributed by atoms with Crippen molar-refractivity contribution in [3.63, 3.8) is 0 Å². The number of fused-ring (bicyclic) bond motifs is 1. The molecule has 0 radical (unpaired) electrons. The molecule has 1 unspecified atom stereocenters. The summed E-state index contributed by atoms with van der Waals surface area (Å²) in [6.45, 7) is 3.84. The quantitative estimate of drug-likeness (QED) is 0.230. The second kappa shape index (κ2) is 11.7. The van der Waals surface area contributed by atoms with Gasteiger partial charge >= 0.3 is 12.4 Å². The predicted octanol–water partition coefficient (Wildman–Crippen LogP) is 7.14. The van der Waals surface area contributed by atoms with Crippen molar-refractivity contribution in [3.05, 3.63) is 62.9 Å². The maximum Gasteiger partial charge on any atom is 0.416 e. The minimum Gasteiger partial charge on any atom is -0.356 e. The molecule has 14 heteroatoms. The summed E-state index contributed by atoms with van der Waals surface area (Å²) >= 11 is 3.34. The van der Waals surface area contributed by atoms with Gasteiger partial charge in [-0.2, -0.15) is 31.4 Å². The molecule has 236 valence electrons. The van der Waals surface area contributed by atoms with Crippen LogP contribution in [0.25, 0.3) is 11.0 Å². The number of aliphatic imine (C=N–C) groups is 1. The summed E-state index contributed by atoms with van der Waals surface area (Å²) in [5, 5.41) is 8.84. The molecular weight excluding hydrogens is 652 g/mol. The maximum atomic E-state index is 13.5. The lowest BCUT2D eigenvalue weighted by Gasteiger charge is -2.32. The van der Waals surface area contributed by atoms with Crippen LogP contribution in [0.4, 0.5) is 32.2 Å². The molecule has 2 aliphatic carbocycles. The molecule has 0 bridgehead atoms. The van der Waals surface area contributed by atoms with E-state index < -0.39 is 29.8 Å². The lowest BCUT2D eigenvalue weighted by atomic mass is 10.0. The number of allylic oxidation sites excluding steroid dienone is 1. The first kappa shape index (κ1) is 30.9. The van der Waals surface area contributed by atoms with Crippen LogP contribution in [0.3, 0.4) is 0 Å². The largest absolute Gasteiger partial charge is 0.416 e. The number of anilines is 1. The number of halogens is 7. The molecule has 1 atom stereocenters. The van der Waals surface area contributed by atoms with Crippen molar-refractivity contribution in [2.75, 3.05) is 18.0 Å². The molecular formula is C30H32BrF6N7. The van der Waals surface area contributed by atoms with E-state index in [1.165, 1.54) is 25.7 Å². The van der Waals surface area contributed by atoms with Gasteiger partial charge < -0.3 is 9.80 Å². The Kier molecular flexibility index (Phi) is 8.18. The number of hydrogen-bond acceptors (Lipinski definition) is 6. The highest BCUT2D eigenvalue weighted by atomic mass is 79.9. The summed E-state index contributed by atoms with van der Waals surface area (Å²) in [6.07, 6.45) is -2.66. The molecule has 0 saturated heterocycles. The van der Waals surface area contributed by atoms with Gasteiger partial charge in [0.1, 0.15) is 5.82 Å². The molecule has 3 aliphatic rings. The molecule has 0 amide bonds. The third-order valence-electron chi connectivity index (χ3n) is 8.14. The Hall–Kier alpha value is -3.13. The van der Waals surface area contributed by atoms with Gasteiger partial charge in [-0.15, -0.1) is 0 Å². The van der Waals surface area contributed by atoms with Gasteiger partial charge in [-0.25, -0.2) is 4.98 Å². The molecule has 6 rings (SSSR count). The van der Waals surface area contributed by atoms with Crippen LogP contribution in [-0.2, 0) is 32.5 Å². The summed E-state index contributed by atoms with van der Waals surface area (Å²) in [5.41, 5.74) is -0.283. The van der Waals surface area contributed by atoms with Crippen molar-refractivity contribution in [1.29, 1.82) is 0 Å². The second-order valence-corrected chi connectivity index (χ2v) is 12.9. The minimum absolute atomic E-state index is 0.137. The number of benzene rings is 1. The zero-order valence-corrected chi connectivity index (χ0v) is 25.8. The van der Waals surface area contributed by atoms with Crippen molar-refractivity contribution >= 4 is 39.0 Å². The molecule has 7 nitrogen and oxygen atoms in total. The third-order valence-corrected chi connectivity index (χ3v) is 8.54. The molecule has 3 heterocycles. The third kappa shape index (κ3) is 7.06. The molecule has 1 N–H and O–H groups in total. The summed E-state index contributed by atoms with van der Waals surface area (Å²) in [4.78, 5) is 13.5. The van der Waals surface area contributed by atoms with Gasteiger partial charge in [0.05, 0.1) is 21.3 Å². The van der Waals surface area contributed by atoms with Crippen LogP contribution in [-0.4, -0.2) is 45.3 Å². The molecule has 0 spiro atoms. The summed E-state index contributed by atoms with van der Waals surface area (Å²) < 4.78 is 83.4. The highest BCUT2D eigenvalue weighted by Crippen LogP contribution is 2.38. The topological polar surface area (TPSA) is 61.6 Å². The number of aryl methyl sites for hydroxylation is 2. The van der Waals surface area contributed by atoms with Gasteiger partial charge in [0.25, 0.3) is 0 Å². The van der Waals surface area contributed by atoms with Crippen LogP contribution in [0.15, 0.2) is 39.9 Å². The molecule has 2 aromatic heterocycles. The van der Waals surface area contributed by atoms with Crippen LogP contribution in [0.5, 0.6) is 0 Å². The van der Waals surface area contributed by atoms with Gasteiger partial charge in [-0.1, -0.05) is 0 Å². The van der Waals surface area contributed by atoms with E-state index in [2.05, 4.69) is 42.3 Å². The minimum atomic E-state index is -4.93. The molecule has 2 fully saturated rings. The van der Waals surface area contributed by atoms with E-state index >= 15 is 0 Å². The number of rotatable bonds is 10. The maximum absolute atomic E-state index is 13.5. The van der Waals surface area contributed by atoms with Crippen LogP contribution < -0.4 is 10.2 Å². The van der Waals surface area contributed by atoms with E-state index in [4.69, 9.17) is 4.98 Å². The average Bonchev–Trinajstić information content (AvgIpc) is 3.88. The first-order valence-electron chi connectivity index (χ1n) is 14.5. The zero-order chi connectivity index (χ0) is 31.4. The lowest BCUT2D eigenvalue weighted by molar-refractivity contribution is -0.143. The summed E-state index contributed by atoms with van der Waals surface area (Å²) in [5.74, 6) is 2.13. The van der Waals surface area contributed by atoms with Crippen molar-refractivity contribution in [3.8, 4) is 0 Å². The van der Waals surface area contributed by atoms with E-state index in [1.807, 2.05) is 14.0 Å². The first-order valence-corrected chi connectivity index (χ1v) is 15.3. The van der Waals surface area contributed by atoms with Crippen molar-refractivity contribution in [2.24, 2.45) is 23.9 Å². The number of pyridine rings is 1. The SMILES string of the molecule is Cc1nn(C)c2nc(N(CC3CC3)CC3CC3)c(CNC3N=CC(Br)=CN3Cc3cc(C(F)(F)F)cc(C(F)(F)F)c3)cc12. The van der Waals surface area contributed by atoms with Gasteiger partial charge in [0.2, 0.25) is 0 Å². The highest BCUT2D eigenvalue weighted by molar-refractivity contribution is 9.12. The van der Waals surface area contributed by atoms with Crippen LogP contribution in [0, 0.1) is 18.8 Å². The van der Waals surface area contributed by atoms with Crippen LogP contribution in [0.1, 0.15) is 53.6 Å². The highest BCUT2D eigenvalue weighted by Gasteiger charge is 2.37. The average molecular weight is 685 g/mol. The van der Waals surface area contributed by atoms with E-state index in [1.54, 1.807) is 22.0 Å². The zero-order valence-electron chi connectivity index (χ0n) is 24.2. The van der Waals surface area contributed by atoms with Crippen molar-refractivity contribution < 1.29 is 26.3 Å². The molecule has 2 saturated carbocycles. The molecule has 3 aromatic rings. The van der Waals surface area contributed by atoms with Gasteiger partial charge in [0, 0.05) is 56.6 Å². The Labute approximate surface area is 259 Å². The predicted molar refractivity (Wildman–Crippen MR) is 159 cm³/mol. The van der Waals surface area contributed by atoms with Crippen molar-refractivity contribution in [1.82, 2.24) is 25.0 Å². The summed E-state index contributed by atoms with van der Waals surface area (Å²) in [6, 6.07) is 3.71. The normalized spacial score (nSPS) is 19.2. The Balaban J connectivity index is 1.29. The summed E-state index contributed by atoms with van der Waals surface area (Å²) in [7, 11) is 1.87. The fourth-order valence-electron chi connectivity index (χ4n) is 5.56. The number of hydrogen-bond donors (Lipinski definition) is 1. The molecule has 1 aliphatic heterocycles. The first-order chi connectivity index (χ1) is 20.7. The Bertz CT molecular complexity index is 1560. The number of alkyl halides is 6. The fourth-order valence-corrected chi connectivity index (χ4v) is 5.95. The standard InChI is InChI=1S/C30H32BrF6N7/c1-17-25-9-21(26(40-27(25)42(2)41-17)43(13-18-3-4-18)14-19-5-6-19)11-38-28-39-12-24(31)16-44(28)15-20-7-22(29(32,33)34)10-23(8-20)30(35,36)37/h7-10,12,16,18-19,28,38H,3-6,11,13-15H2,1-2H3. The van der Waals surface area contributed by atoms with Gasteiger partial charge in [-0.05, 0) is 90.2 Å². The Morgan fingerprint density at radius 1 is 0.955 bits per heavy atom. The van der Waals surface area contributed by atoms with E-state index in [-0.39, 0.29) is 18.2 Å². The van der Waals surface area contributed by atoms with Crippen LogP contribution >= 0.6 is 15.9 Å². The molecule has 1 aromatic carbocycles. The Morgan fingerprint density at radius 3 is 2.14 bits per heavy atom. The van der Waals surface area contributed by atoms with Gasteiger partial charge in [0.15, 0.2) is 11.9 Å². The number of nitrogens with zero attached hydrogens (tertiary/aromatic N) is 6. The van der Waals surface area contributed by atoms with Gasteiger partial charge in [-0.3, -0.25) is 15.0 Å². The smallest absolute Gasteiger partial charge is 0.356 e. The van der Waals surface area contributed by atoms with E-state index in [9.17, 15) is 26.3 Å². The second-order valence-electron chi connectivity index (χ2n) is 12.0. The van der Waals surface area contributed by atoms with Crippen LogP contribution in [0.2, 0.25) is 0 Å².